The Morgan fingerprint density at radius 2 is 2.05 bits per heavy atom. The van der Waals surface area contributed by atoms with Crippen molar-refractivity contribution in [2.75, 3.05) is 6.54 Å². The summed E-state index contributed by atoms with van der Waals surface area (Å²) in [6.07, 6.45) is 4.70. The van der Waals surface area contributed by atoms with Crippen molar-refractivity contribution in [1.29, 1.82) is 0 Å². The number of hydrogen-bond donors (Lipinski definition) is 2. The van der Waals surface area contributed by atoms with Gasteiger partial charge in [-0.2, -0.15) is 0 Å². The first-order valence-electron chi connectivity index (χ1n) is 8.23. The molecule has 0 spiro atoms. The van der Waals surface area contributed by atoms with Crippen LogP contribution in [0, 0.1) is 13.8 Å². The quantitative estimate of drug-likeness (QED) is 0.879. The van der Waals surface area contributed by atoms with E-state index >= 15 is 0 Å². The molecule has 0 unspecified atom stereocenters. The minimum Gasteiger partial charge on any atom is -0.390 e. The van der Waals surface area contributed by atoms with Gasteiger partial charge in [-0.1, -0.05) is 36.6 Å². The molecule has 1 aromatic heterocycles. The zero-order chi connectivity index (χ0) is 15.7. The van der Waals surface area contributed by atoms with Crippen molar-refractivity contribution in [3.05, 3.63) is 34.5 Å². The van der Waals surface area contributed by atoms with Crippen LogP contribution in [-0.2, 0) is 6.54 Å². The fraction of sp³-hybridized carbons (Fsp3) is 0.556. The zero-order valence-electron chi connectivity index (χ0n) is 13.4. The molecule has 1 saturated carbocycles. The van der Waals surface area contributed by atoms with Crippen LogP contribution in [0.1, 0.15) is 36.9 Å². The van der Waals surface area contributed by atoms with Gasteiger partial charge in [0.15, 0.2) is 0 Å². The van der Waals surface area contributed by atoms with E-state index in [0.29, 0.717) is 19.1 Å². The molecule has 0 radical (unpaired) electrons. The van der Waals surface area contributed by atoms with E-state index in [1.807, 2.05) is 12.1 Å². The molecule has 0 aliphatic heterocycles. The third-order valence-corrected chi connectivity index (χ3v) is 5.30. The molecule has 1 fully saturated rings. The number of hydrogen-bond acceptors (Lipinski definition) is 2. The van der Waals surface area contributed by atoms with Crippen molar-refractivity contribution < 1.29 is 5.11 Å². The molecule has 4 heteroatoms. The Hall–Kier alpha value is -1.03. The number of aliphatic hydroxyl groups is 1. The summed E-state index contributed by atoms with van der Waals surface area (Å²) in [6, 6.07) is 6.59. The van der Waals surface area contributed by atoms with E-state index in [1.165, 1.54) is 42.3 Å². The molecule has 1 aliphatic carbocycles. The Morgan fingerprint density at radius 3 is 2.77 bits per heavy atom. The van der Waals surface area contributed by atoms with E-state index < -0.39 is 6.10 Å². The Balaban J connectivity index is 1.76. The van der Waals surface area contributed by atoms with E-state index in [0.717, 1.165) is 10.5 Å². The van der Waals surface area contributed by atoms with Gasteiger partial charge in [0.2, 0.25) is 0 Å². The van der Waals surface area contributed by atoms with Gasteiger partial charge in [0.05, 0.1) is 23.2 Å². The van der Waals surface area contributed by atoms with Crippen LogP contribution in [0.4, 0.5) is 0 Å². The van der Waals surface area contributed by atoms with Crippen molar-refractivity contribution in [2.24, 2.45) is 0 Å². The number of aromatic nitrogens is 1. The van der Waals surface area contributed by atoms with Gasteiger partial charge in [0.25, 0.3) is 0 Å². The van der Waals surface area contributed by atoms with Crippen LogP contribution in [0.2, 0.25) is 5.02 Å². The third-order valence-electron chi connectivity index (χ3n) is 5.00. The molecule has 2 aromatic rings. The Labute approximate surface area is 137 Å². The molecule has 1 heterocycles. The first-order valence-corrected chi connectivity index (χ1v) is 8.61. The smallest absolute Gasteiger partial charge is 0.0843 e. The van der Waals surface area contributed by atoms with Gasteiger partial charge in [0.1, 0.15) is 0 Å². The highest BCUT2D eigenvalue weighted by Crippen LogP contribution is 2.30. The minimum absolute atomic E-state index is 0.398. The van der Waals surface area contributed by atoms with Crippen LogP contribution in [0.5, 0.6) is 0 Å². The Morgan fingerprint density at radius 1 is 1.32 bits per heavy atom. The summed E-state index contributed by atoms with van der Waals surface area (Å²) >= 11 is 6.39. The predicted molar refractivity (Wildman–Crippen MR) is 92.7 cm³/mol. The SMILES string of the molecule is Cc1c(C)n(C[C@@H](O)CNC2CCCC2)c2c(Cl)cccc12. The van der Waals surface area contributed by atoms with Gasteiger partial charge in [0, 0.05) is 23.7 Å². The molecule has 1 aromatic carbocycles. The average molecular weight is 321 g/mol. The van der Waals surface area contributed by atoms with E-state index in [2.05, 4.69) is 29.8 Å². The summed E-state index contributed by atoms with van der Waals surface area (Å²) in [5.74, 6) is 0. The standard InChI is InChI=1S/C18H25ClN2O/c1-12-13(2)21(18-16(12)8-5-9-17(18)19)11-15(22)10-20-14-6-3-4-7-14/h5,8-9,14-15,20,22H,3-4,6-7,10-11H2,1-2H3/t15-/m0/s1. The fourth-order valence-electron chi connectivity index (χ4n) is 3.59. The number of aryl methyl sites for hydroxylation is 1. The lowest BCUT2D eigenvalue weighted by atomic mass is 10.2. The molecule has 0 amide bonds. The molecular formula is C18H25ClN2O. The van der Waals surface area contributed by atoms with Crippen LogP contribution in [0.3, 0.4) is 0 Å². The minimum atomic E-state index is -0.398. The van der Waals surface area contributed by atoms with Crippen molar-refractivity contribution in [3.63, 3.8) is 0 Å². The number of nitrogens with one attached hydrogen (secondary N) is 1. The molecule has 0 bridgehead atoms. The molecule has 120 valence electrons. The van der Waals surface area contributed by atoms with Crippen molar-refractivity contribution in [3.8, 4) is 0 Å². The predicted octanol–water partition coefficient (Wildman–Crippen LogP) is 3.80. The number of nitrogens with zero attached hydrogens (tertiary/aromatic N) is 1. The molecule has 3 nitrogen and oxygen atoms in total. The van der Waals surface area contributed by atoms with Crippen LogP contribution in [0.15, 0.2) is 18.2 Å². The largest absolute Gasteiger partial charge is 0.390 e. The molecule has 0 saturated heterocycles. The Kier molecular flexibility index (Phi) is 4.76. The lowest BCUT2D eigenvalue weighted by Crippen LogP contribution is -2.36. The van der Waals surface area contributed by atoms with Gasteiger partial charge in [-0.3, -0.25) is 0 Å². The number of rotatable bonds is 5. The van der Waals surface area contributed by atoms with E-state index in [1.54, 1.807) is 0 Å². The van der Waals surface area contributed by atoms with E-state index in [9.17, 15) is 5.11 Å². The van der Waals surface area contributed by atoms with Crippen LogP contribution < -0.4 is 5.32 Å². The lowest BCUT2D eigenvalue weighted by molar-refractivity contribution is 0.148. The van der Waals surface area contributed by atoms with Gasteiger partial charge in [-0.25, -0.2) is 0 Å². The summed E-state index contributed by atoms with van der Waals surface area (Å²) in [5.41, 5.74) is 3.47. The molecule has 1 atom stereocenters. The second-order valence-electron chi connectivity index (χ2n) is 6.50. The summed E-state index contributed by atoms with van der Waals surface area (Å²) in [7, 11) is 0. The molecule has 22 heavy (non-hydrogen) atoms. The van der Waals surface area contributed by atoms with Crippen molar-refractivity contribution >= 4 is 22.5 Å². The highest BCUT2D eigenvalue weighted by Gasteiger charge is 2.18. The first-order chi connectivity index (χ1) is 10.6. The van der Waals surface area contributed by atoms with Gasteiger partial charge in [-0.05, 0) is 38.3 Å². The zero-order valence-corrected chi connectivity index (χ0v) is 14.2. The summed E-state index contributed by atoms with van der Waals surface area (Å²) in [4.78, 5) is 0. The number of aliphatic hydroxyl groups excluding tert-OH is 1. The summed E-state index contributed by atoms with van der Waals surface area (Å²) < 4.78 is 2.16. The van der Waals surface area contributed by atoms with E-state index in [4.69, 9.17) is 11.6 Å². The Bertz CT molecular complexity index is 659. The molecule has 1 aliphatic rings. The summed E-state index contributed by atoms with van der Waals surface area (Å²) in [6.45, 7) is 5.45. The third kappa shape index (κ3) is 3.03. The molecule has 2 N–H and O–H groups in total. The maximum atomic E-state index is 10.4. The van der Waals surface area contributed by atoms with E-state index in [-0.39, 0.29) is 0 Å². The highest BCUT2D eigenvalue weighted by molar-refractivity contribution is 6.35. The van der Waals surface area contributed by atoms with Crippen LogP contribution in [-0.4, -0.2) is 28.4 Å². The second-order valence-corrected chi connectivity index (χ2v) is 6.91. The number of fused-ring (bicyclic) bond motifs is 1. The van der Waals surface area contributed by atoms with Gasteiger partial charge < -0.3 is 15.0 Å². The second kappa shape index (κ2) is 6.61. The first kappa shape index (κ1) is 15.9. The number of para-hydroxylation sites is 1. The van der Waals surface area contributed by atoms with Crippen molar-refractivity contribution in [2.45, 2.75) is 58.2 Å². The summed E-state index contributed by atoms with van der Waals surface area (Å²) in [5, 5.41) is 15.9. The topological polar surface area (TPSA) is 37.2 Å². The normalized spacial score (nSPS) is 17.5. The lowest BCUT2D eigenvalue weighted by Gasteiger charge is -2.18. The van der Waals surface area contributed by atoms with Gasteiger partial charge >= 0.3 is 0 Å². The monoisotopic (exact) mass is 320 g/mol. The molecular weight excluding hydrogens is 296 g/mol. The molecule has 3 rings (SSSR count). The van der Waals surface area contributed by atoms with Crippen LogP contribution in [0.25, 0.3) is 10.9 Å². The van der Waals surface area contributed by atoms with Crippen molar-refractivity contribution in [1.82, 2.24) is 9.88 Å². The average Bonchev–Trinajstić information content (AvgIpc) is 3.09. The maximum absolute atomic E-state index is 10.4. The number of benzene rings is 1. The van der Waals surface area contributed by atoms with Crippen LogP contribution >= 0.6 is 11.6 Å². The fourth-order valence-corrected chi connectivity index (χ4v) is 3.87. The van der Waals surface area contributed by atoms with Gasteiger partial charge in [-0.15, -0.1) is 0 Å². The number of halogens is 1. The highest BCUT2D eigenvalue weighted by atomic mass is 35.5. The maximum Gasteiger partial charge on any atom is 0.0843 e.